The van der Waals surface area contributed by atoms with Crippen molar-refractivity contribution in [2.45, 2.75) is 0 Å². The fraction of sp³-hybridized carbons (Fsp3) is 0.190. The number of hydrogen-bond acceptors (Lipinski definition) is 5. The van der Waals surface area contributed by atoms with Crippen molar-refractivity contribution in [3.05, 3.63) is 59.1 Å². The third-order valence-corrected chi connectivity index (χ3v) is 4.00. The number of benzene rings is 2. The third-order valence-electron chi connectivity index (χ3n) is 3.72. The number of allylic oxidation sites excluding steroid dienone is 1. The Balaban J connectivity index is 2.47. The maximum absolute atomic E-state index is 9.61. The van der Waals surface area contributed by atoms with Gasteiger partial charge in [0.25, 0.3) is 0 Å². The first-order chi connectivity index (χ1) is 13.1. The maximum atomic E-state index is 9.61. The summed E-state index contributed by atoms with van der Waals surface area (Å²) < 4.78 is 21.4. The highest BCUT2D eigenvalue weighted by Crippen LogP contribution is 2.38. The summed E-state index contributed by atoms with van der Waals surface area (Å²) in [6, 6.07) is 10.9. The first-order valence-electron chi connectivity index (χ1n) is 8.03. The summed E-state index contributed by atoms with van der Waals surface area (Å²) >= 11 is 6.32. The van der Waals surface area contributed by atoms with Crippen molar-refractivity contribution >= 4 is 23.3 Å². The number of nitriles is 1. The number of rotatable bonds is 8. The molecule has 0 amide bonds. The minimum Gasteiger partial charge on any atom is -0.493 e. The zero-order chi connectivity index (χ0) is 19.8. The lowest BCUT2D eigenvalue weighted by atomic mass is 10.0. The maximum Gasteiger partial charge on any atom is 0.180 e. The minimum atomic E-state index is 0.306. The average molecular weight is 386 g/mol. The molecule has 140 valence electrons. The fourth-order valence-corrected chi connectivity index (χ4v) is 2.73. The van der Waals surface area contributed by atoms with Gasteiger partial charge in [-0.1, -0.05) is 24.3 Å². The first kappa shape index (κ1) is 20.2. The lowest BCUT2D eigenvalue weighted by Gasteiger charge is -2.12. The van der Waals surface area contributed by atoms with E-state index in [9.17, 15) is 5.26 Å². The van der Waals surface area contributed by atoms with E-state index < -0.39 is 0 Å². The van der Waals surface area contributed by atoms with Crippen LogP contribution in [-0.4, -0.2) is 27.9 Å². The summed E-state index contributed by atoms with van der Waals surface area (Å²) in [4.78, 5) is 0. The summed E-state index contributed by atoms with van der Waals surface area (Å²) in [6.45, 7) is 3.92. The van der Waals surface area contributed by atoms with Crippen molar-refractivity contribution in [1.29, 1.82) is 5.26 Å². The van der Waals surface area contributed by atoms with E-state index in [0.717, 1.165) is 0 Å². The Kier molecular flexibility index (Phi) is 7.16. The smallest absolute Gasteiger partial charge is 0.180 e. The molecule has 0 saturated carbocycles. The van der Waals surface area contributed by atoms with Gasteiger partial charge in [0, 0.05) is 0 Å². The molecule has 0 unspecified atom stereocenters. The molecular formula is C21H20ClNO4. The molecule has 5 nitrogen and oxygen atoms in total. The van der Waals surface area contributed by atoms with Crippen LogP contribution in [0.4, 0.5) is 0 Å². The van der Waals surface area contributed by atoms with E-state index in [1.165, 1.54) is 7.11 Å². The summed E-state index contributed by atoms with van der Waals surface area (Å²) in [5.74, 6) is 2.04. The van der Waals surface area contributed by atoms with Crippen LogP contribution in [0, 0.1) is 11.3 Å². The lowest BCUT2D eigenvalue weighted by molar-refractivity contribution is 0.326. The second-order valence-electron chi connectivity index (χ2n) is 5.37. The van der Waals surface area contributed by atoms with E-state index >= 15 is 0 Å². The van der Waals surface area contributed by atoms with Gasteiger partial charge in [-0.3, -0.25) is 0 Å². The highest BCUT2D eigenvalue weighted by molar-refractivity contribution is 6.32. The molecule has 0 saturated heterocycles. The molecule has 0 N–H and O–H groups in total. The van der Waals surface area contributed by atoms with Crippen molar-refractivity contribution in [2.24, 2.45) is 0 Å². The molecule has 2 rings (SSSR count). The molecule has 6 heteroatoms. The number of methoxy groups -OCH3 is 3. The summed E-state index contributed by atoms with van der Waals surface area (Å²) in [7, 11) is 4.63. The van der Waals surface area contributed by atoms with Crippen LogP contribution in [0.3, 0.4) is 0 Å². The van der Waals surface area contributed by atoms with Gasteiger partial charge in [0.05, 0.1) is 38.0 Å². The van der Waals surface area contributed by atoms with E-state index in [4.69, 9.17) is 30.5 Å². The second kappa shape index (κ2) is 9.56. The highest BCUT2D eigenvalue weighted by atomic mass is 35.5. The number of halogens is 1. The van der Waals surface area contributed by atoms with Gasteiger partial charge in [-0.05, 0) is 47.5 Å². The van der Waals surface area contributed by atoms with Crippen LogP contribution in [0.15, 0.2) is 43.0 Å². The van der Waals surface area contributed by atoms with Gasteiger partial charge in [-0.25, -0.2) is 0 Å². The summed E-state index contributed by atoms with van der Waals surface area (Å²) in [6.07, 6.45) is 3.33. The molecule has 0 fully saturated rings. The second-order valence-corrected chi connectivity index (χ2v) is 5.78. The zero-order valence-electron chi connectivity index (χ0n) is 15.4. The van der Waals surface area contributed by atoms with E-state index in [2.05, 4.69) is 12.6 Å². The molecule has 2 aromatic rings. The SMILES string of the molecule is C=CCOc1c(Cl)cc(/C=C(\C#N)c2ccc(OC)c(OC)c2)cc1OC. The molecule has 2 aromatic carbocycles. The molecular weight excluding hydrogens is 366 g/mol. The third kappa shape index (κ3) is 4.75. The Hall–Kier alpha value is -3.10. The fourth-order valence-electron chi connectivity index (χ4n) is 2.46. The van der Waals surface area contributed by atoms with Crippen LogP contribution in [-0.2, 0) is 0 Å². The van der Waals surface area contributed by atoms with Gasteiger partial charge in [-0.15, -0.1) is 0 Å². The first-order valence-corrected chi connectivity index (χ1v) is 8.41. The zero-order valence-corrected chi connectivity index (χ0v) is 16.2. The normalized spacial score (nSPS) is 10.7. The van der Waals surface area contributed by atoms with E-state index in [1.807, 2.05) is 0 Å². The molecule has 0 atom stereocenters. The van der Waals surface area contributed by atoms with Crippen LogP contribution < -0.4 is 18.9 Å². The number of hydrogen-bond donors (Lipinski definition) is 0. The predicted octanol–water partition coefficient (Wildman–Crippen LogP) is 4.99. The van der Waals surface area contributed by atoms with Gasteiger partial charge in [0.2, 0.25) is 0 Å². The van der Waals surface area contributed by atoms with E-state index in [0.29, 0.717) is 51.3 Å². The van der Waals surface area contributed by atoms with Crippen LogP contribution in [0.1, 0.15) is 11.1 Å². The molecule has 0 aliphatic rings. The van der Waals surface area contributed by atoms with Crippen LogP contribution in [0.5, 0.6) is 23.0 Å². The topological polar surface area (TPSA) is 60.7 Å². The van der Waals surface area contributed by atoms with Crippen LogP contribution in [0.25, 0.3) is 11.6 Å². The van der Waals surface area contributed by atoms with Crippen molar-refractivity contribution in [1.82, 2.24) is 0 Å². The minimum absolute atomic E-state index is 0.306. The Bertz CT molecular complexity index is 900. The summed E-state index contributed by atoms with van der Waals surface area (Å²) in [5.41, 5.74) is 1.83. The molecule has 0 radical (unpaired) electrons. The quantitative estimate of drug-likeness (QED) is 0.363. The summed E-state index contributed by atoms with van der Waals surface area (Å²) in [5, 5.41) is 9.99. The molecule has 0 aromatic heterocycles. The predicted molar refractivity (Wildman–Crippen MR) is 107 cm³/mol. The Morgan fingerprint density at radius 3 is 2.37 bits per heavy atom. The standard InChI is InChI=1S/C21H20ClNO4/c1-5-8-27-21-17(22)10-14(11-20(21)26-4)9-16(13-23)15-6-7-18(24-2)19(12-15)25-3/h5-7,9-12H,1,8H2,2-4H3/b16-9+. The molecule has 0 heterocycles. The van der Waals surface area contributed by atoms with Gasteiger partial charge >= 0.3 is 0 Å². The average Bonchev–Trinajstić information content (AvgIpc) is 2.70. The molecule has 0 spiro atoms. The molecule has 0 bridgehead atoms. The van der Waals surface area contributed by atoms with Gasteiger partial charge < -0.3 is 18.9 Å². The van der Waals surface area contributed by atoms with Crippen molar-refractivity contribution in [3.63, 3.8) is 0 Å². The van der Waals surface area contributed by atoms with Crippen molar-refractivity contribution < 1.29 is 18.9 Å². The number of nitrogens with zero attached hydrogens (tertiary/aromatic N) is 1. The Morgan fingerprint density at radius 2 is 1.78 bits per heavy atom. The van der Waals surface area contributed by atoms with Crippen molar-refractivity contribution in [2.75, 3.05) is 27.9 Å². The lowest BCUT2D eigenvalue weighted by Crippen LogP contribution is -1.97. The molecule has 0 aliphatic heterocycles. The largest absolute Gasteiger partial charge is 0.493 e. The molecule has 0 aliphatic carbocycles. The van der Waals surface area contributed by atoms with E-state index in [1.54, 1.807) is 56.7 Å². The Labute approximate surface area is 164 Å². The van der Waals surface area contributed by atoms with Gasteiger partial charge in [0.1, 0.15) is 6.61 Å². The molecule has 27 heavy (non-hydrogen) atoms. The Morgan fingerprint density at radius 1 is 1.07 bits per heavy atom. The van der Waals surface area contributed by atoms with Gasteiger partial charge in [-0.2, -0.15) is 5.26 Å². The highest BCUT2D eigenvalue weighted by Gasteiger charge is 2.13. The van der Waals surface area contributed by atoms with Crippen molar-refractivity contribution in [3.8, 4) is 29.1 Å². The van der Waals surface area contributed by atoms with E-state index in [-0.39, 0.29) is 0 Å². The van der Waals surface area contributed by atoms with Crippen LogP contribution >= 0.6 is 11.6 Å². The van der Waals surface area contributed by atoms with Gasteiger partial charge in [0.15, 0.2) is 23.0 Å². The number of ether oxygens (including phenoxy) is 4. The monoisotopic (exact) mass is 385 g/mol. The van der Waals surface area contributed by atoms with Crippen LogP contribution in [0.2, 0.25) is 5.02 Å².